The first-order valence-corrected chi connectivity index (χ1v) is 8.36. The lowest BCUT2D eigenvalue weighted by Crippen LogP contribution is -2.43. The van der Waals surface area contributed by atoms with E-state index in [1.54, 1.807) is 0 Å². The highest BCUT2D eigenvalue weighted by atomic mass is 32.1. The summed E-state index contributed by atoms with van der Waals surface area (Å²) < 4.78 is 0. The van der Waals surface area contributed by atoms with Gasteiger partial charge in [0.05, 0.1) is 5.52 Å². The molecule has 0 aliphatic heterocycles. The Kier molecular flexibility index (Phi) is 4.95. The van der Waals surface area contributed by atoms with Crippen LogP contribution in [0.3, 0.4) is 0 Å². The van der Waals surface area contributed by atoms with Crippen LogP contribution in [0, 0.1) is 0 Å². The molecule has 7 heteroatoms. The quantitative estimate of drug-likeness (QED) is 0.429. The maximum absolute atomic E-state index is 12.3. The second-order valence-corrected chi connectivity index (χ2v) is 6.34. The van der Waals surface area contributed by atoms with E-state index in [0.29, 0.717) is 16.7 Å². The van der Waals surface area contributed by atoms with E-state index in [0.717, 1.165) is 16.6 Å². The highest BCUT2D eigenvalue weighted by Crippen LogP contribution is 2.17. The summed E-state index contributed by atoms with van der Waals surface area (Å²) in [7, 11) is 0. The van der Waals surface area contributed by atoms with Crippen molar-refractivity contribution in [3.8, 4) is 0 Å². The molecule has 25 heavy (non-hydrogen) atoms. The fraction of sp³-hybridized carbons (Fsp3) is 0.167. The van der Waals surface area contributed by atoms with Crippen molar-refractivity contribution in [2.45, 2.75) is 19.8 Å². The van der Waals surface area contributed by atoms with Gasteiger partial charge in [-0.05, 0) is 41.9 Å². The minimum atomic E-state index is -0.364. The van der Waals surface area contributed by atoms with E-state index in [9.17, 15) is 4.79 Å². The van der Waals surface area contributed by atoms with E-state index in [-0.39, 0.29) is 5.91 Å². The predicted molar refractivity (Wildman–Crippen MR) is 103 cm³/mol. The maximum atomic E-state index is 12.3. The molecule has 2 aromatic carbocycles. The molecule has 0 saturated carbocycles. The summed E-state index contributed by atoms with van der Waals surface area (Å²) in [5.74, 6) is 0.110. The van der Waals surface area contributed by atoms with E-state index >= 15 is 0 Å². The number of carbonyl (C=O) groups is 1. The van der Waals surface area contributed by atoms with E-state index < -0.39 is 0 Å². The molecule has 0 saturated heterocycles. The number of para-hydroxylation sites is 1. The number of aromatic amines is 1. The molecule has 0 radical (unpaired) electrons. The van der Waals surface area contributed by atoms with Gasteiger partial charge in [-0.2, -0.15) is 5.10 Å². The number of hydrazine groups is 1. The molecule has 128 valence electrons. The lowest BCUT2D eigenvalue weighted by Gasteiger charge is -2.12. The summed E-state index contributed by atoms with van der Waals surface area (Å²) in [4.78, 5) is 12.3. The van der Waals surface area contributed by atoms with Crippen molar-refractivity contribution in [1.29, 1.82) is 0 Å². The number of hydrogen-bond donors (Lipinski definition) is 4. The number of H-pyrrole nitrogens is 1. The maximum Gasteiger partial charge on any atom is 0.290 e. The average molecular weight is 353 g/mol. The number of fused-ring (bicyclic) bond motifs is 1. The zero-order chi connectivity index (χ0) is 17.8. The molecule has 3 aromatic rings. The smallest absolute Gasteiger partial charge is 0.290 e. The van der Waals surface area contributed by atoms with Crippen LogP contribution in [-0.4, -0.2) is 21.2 Å². The first-order chi connectivity index (χ1) is 12.0. The summed E-state index contributed by atoms with van der Waals surface area (Å²) in [6.45, 7) is 4.28. The summed E-state index contributed by atoms with van der Waals surface area (Å²) in [5, 5.41) is 10.9. The number of nitrogens with zero attached hydrogens (tertiary/aromatic N) is 1. The van der Waals surface area contributed by atoms with Crippen LogP contribution in [-0.2, 0) is 0 Å². The Bertz CT molecular complexity index is 901. The standard InChI is InChI=1S/C18H19N5OS/c1-11(2)12-7-9-13(10-8-12)19-18(25)23-22-17(24)16-14-5-3-4-6-15(14)20-21-16/h3-11H,1-2H3,(H,20,21)(H,22,24)(H2,19,23,25). The van der Waals surface area contributed by atoms with Crippen LogP contribution in [0.2, 0.25) is 0 Å². The van der Waals surface area contributed by atoms with Gasteiger partial charge >= 0.3 is 0 Å². The highest BCUT2D eigenvalue weighted by Gasteiger charge is 2.13. The number of benzene rings is 2. The molecule has 0 unspecified atom stereocenters. The number of thiocarbonyl (C=S) groups is 1. The average Bonchev–Trinajstić information content (AvgIpc) is 3.04. The topological polar surface area (TPSA) is 81.8 Å². The molecule has 0 atom stereocenters. The van der Waals surface area contributed by atoms with Crippen LogP contribution in [0.4, 0.5) is 5.69 Å². The van der Waals surface area contributed by atoms with Crippen molar-refractivity contribution in [1.82, 2.24) is 21.0 Å². The molecule has 4 N–H and O–H groups in total. The molecule has 6 nitrogen and oxygen atoms in total. The Morgan fingerprint density at radius 1 is 1.08 bits per heavy atom. The van der Waals surface area contributed by atoms with E-state index in [2.05, 4.69) is 40.2 Å². The Morgan fingerprint density at radius 2 is 1.80 bits per heavy atom. The molecule has 1 aromatic heterocycles. The fourth-order valence-corrected chi connectivity index (χ4v) is 2.59. The van der Waals surface area contributed by atoms with E-state index in [4.69, 9.17) is 12.2 Å². The van der Waals surface area contributed by atoms with Crippen LogP contribution in [0.25, 0.3) is 10.9 Å². The lowest BCUT2D eigenvalue weighted by atomic mass is 10.0. The number of hydrogen-bond acceptors (Lipinski definition) is 3. The first-order valence-electron chi connectivity index (χ1n) is 7.95. The molecule has 0 spiro atoms. The third-order valence-electron chi connectivity index (χ3n) is 3.81. The molecule has 0 aliphatic rings. The van der Waals surface area contributed by atoms with Crippen molar-refractivity contribution < 1.29 is 4.79 Å². The van der Waals surface area contributed by atoms with Crippen molar-refractivity contribution in [2.75, 3.05) is 5.32 Å². The Hall–Kier alpha value is -2.93. The fourth-order valence-electron chi connectivity index (χ4n) is 2.42. The van der Waals surface area contributed by atoms with Gasteiger partial charge in [0.2, 0.25) is 0 Å². The van der Waals surface area contributed by atoms with Crippen molar-refractivity contribution >= 4 is 39.8 Å². The molecular formula is C18H19N5OS. The summed E-state index contributed by atoms with van der Waals surface area (Å²) >= 11 is 5.20. The molecule has 0 bridgehead atoms. The summed E-state index contributed by atoms with van der Waals surface area (Å²) in [6.07, 6.45) is 0. The predicted octanol–water partition coefficient (Wildman–Crippen LogP) is 3.32. The van der Waals surface area contributed by atoms with E-state index in [1.807, 2.05) is 48.5 Å². The minimum absolute atomic E-state index is 0.297. The number of carbonyl (C=O) groups excluding carboxylic acids is 1. The van der Waals surface area contributed by atoms with Gasteiger partial charge in [0.15, 0.2) is 10.8 Å². The second-order valence-electron chi connectivity index (χ2n) is 5.93. The van der Waals surface area contributed by atoms with Gasteiger partial charge in [-0.1, -0.05) is 44.2 Å². The molecule has 0 fully saturated rings. The largest absolute Gasteiger partial charge is 0.331 e. The van der Waals surface area contributed by atoms with Crippen LogP contribution in [0.5, 0.6) is 0 Å². The number of amides is 1. The Balaban J connectivity index is 1.57. The summed E-state index contributed by atoms with van der Waals surface area (Å²) in [5.41, 5.74) is 8.46. The molecule has 0 aliphatic carbocycles. The molecule has 3 rings (SSSR count). The highest BCUT2D eigenvalue weighted by molar-refractivity contribution is 7.80. The van der Waals surface area contributed by atoms with Crippen LogP contribution in [0.15, 0.2) is 48.5 Å². The minimum Gasteiger partial charge on any atom is -0.331 e. The zero-order valence-electron chi connectivity index (χ0n) is 14.0. The monoisotopic (exact) mass is 353 g/mol. The van der Waals surface area contributed by atoms with Crippen molar-refractivity contribution in [3.05, 3.63) is 59.8 Å². The summed E-state index contributed by atoms with van der Waals surface area (Å²) in [6, 6.07) is 15.4. The molecule has 1 heterocycles. The third kappa shape index (κ3) is 3.95. The van der Waals surface area contributed by atoms with Crippen LogP contribution in [0.1, 0.15) is 35.8 Å². The SMILES string of the molecule is CC(C)c1ccc(NC(=S)NNC(=O)c2n[nH]c3ccccc23)cc1. The van der Waals surface area contributed by atoms with Crippen LogP contribution >= 0.6 is 12.2 Å². The van der Waals surface area contributed by atoms with Gasteiger partial charge < -0.3 is 5.32 Å². The zero-order valence-corrected chi connectivity index (χ0v) is 14.8. The van der Waals surface area contributed by atoms with Crippen molar-refractivity contribution in [2.24, 2.45) is 0 Å². The van der Waals surface area contributed by atoms with Crippen LogP contribution < -0.4 is 16.2 Å². The van der Waals surface area contributed by atoms with Gasteiger partial charge in [0.25, 0.3) is 5.91 Å². The number of anilines is 1. The normalized spacial score (nSPS) is 10.7. The number of rotatable bonds is 3. The van der Waals surface area contributed by atoms with Gasteiger partial charge in [0, 0.05) is 11.1 Å². The third-order valence-corrected chi connectivity index (χ3v) is 4.01. The Morgan fingerprint density at radius 3 is 2.52 bits per heavy atom. The lowest BCUT2D eigenvalue weighted by molar-refractivity contribution is 0.0940. The molecule has 1 amide bonds. The van der Waals surface area contributed by atoms with Gasteiger partial charge in [0.1, 0.15) is 0 Å². The number of aromatic nitrogens is 2. The van der Waals surface area contributed by atoms with Crippen molar-refractivity contribution in [3.63, 3.8) is 0 Å². The van der Waals surface area contributed by atoms with Gasteiger partial charge in [-0.25, -0.2) is 0 Å². The van der Waals surface area contributed by atoms with Gasteiger partial charge in [-0.15, -0.1) is 0 Å². The first kappa shape index (κ1) is 16.9. The van der Waals surface area contributed by atoms with E-state index in [1.165, 1.54) is 5.56 Å². The molecular weight excluding hydrogens is 334 g/mol. The second kappa shape index (κ2) is 7.31. The van der Waals surface area contributed by atoms with Gasteiger partial charge in [-0.3, -0.25) is 20.7 Å². The number of nitrogens with one attached hydrogen (secondary N) is 4. The Labute approximate surface area is 151 Å².